The van der Waals surface area contributed by atoms with Crippen molar-refractivity contribution in [2.75, 3.05) is 25.5 Å². The van der Waals surface area contributed by atoms with Crippen LogP contribution in [-0.2, 0) is 10.3 Å². The number of urea groups is 1. The van der Waals surface area contributed by atoms with Crippen molar-refractivity contribution in [3.8, 4) is 0 Å². The normalized spacial score (nSPS) is 26.7. The van der Waals surface area contributed by atoms with E-state index in [9.17, 15) is 9.59 Å². The number of rotatable bonds is 0. The van der Waals surface area contributed by atoms with Crippen LogP contribution in [0.25, 0.3) is 0 Å². The van der Waals surface area contributed by atoms with E-state index >= 15 is 0 Å². The van der Waals surface area contributed by atoms with Crippen LogP contribution in [0.4, 0.5) is 10.5 Å². The van der Waals surface area contributed by atoms with Crippen LogP contribution in [0, 0.1) is 0 Å². The van der Waals surface area contributed by atoms with Gasteiger partial charge in [0.2, 0.25) is 0 Å². The van der Waals surface area contributed by atoms with Gasteiger partial charge in [-0.2, -0.15) is 0 Å². The van der Waals surface area contributed by atoms with Crippen molar-refractivity contribution in [1.82, 2.24) is 10.2 Å². The maximum absolute atomic E-state index is 12.3. The maximum atomic E-state index is 12.3. The van der Waals surface area contributed by atoms with Gasteiger partial charge in [-0.1, -0.05) is 18.2 Å². The molecule has 2 heterocycles. The number of carbonyl (C=O) groups excluding carboxylic acids is 2. The van der Waals surface area contributed by atoms with E-state index in [-0.39, 0.29) is 11.9 Å². The van der Waals surface area contributed by atoms with E-state index in [1.165, 1.54) is 7.05 Å². The number of imide groups is 1. The summed E-state index contributed by atoms with van der Waals surface area (Å²) in [7, 11) is 3.43. The van der Waals surface area contributed by atoms with Crippen molar-refractivity contribution in [2.24, 2.45) is 0 Å². The smallest absolute Gasteiger partial charge is 0.325 e. The number of carbonyl (C=O) groups is 2. The van der Waals surface area contributed by atoms with E-state index in [1.54, 1.807) is 0 Å². The van der Waals surface area contributed by atoms with Crippen LogP contribution in [0.5, 0.6) is 0 Å². The number of para-hydroxylation sites is 1. The molecule has 0 aliphatic carbocycles. The molecule has 3 amide bonds. The molecule has 0 radical (unpaired) electrons. The molecule has 1 N–H and O–H groups in total. The number of fused-ring (bicyclic) bond motifs is 2. The fraction of sp³-hybridized carbons (Fsp3) is 0.333. The van der Waals surface area contributed by atoms with E-state index in [1.807, 2.05) is 36.2 Å². The van der Waals surface area contributed by atoms with Crippen molar-refractivity contribution in [3.63, 3.8) is 0 Å². The fourth-order valence-electron chi connectivity index (χ4n) is 2.68. The summed E-state index contributed by atoms with van der Waals surface area (Å²) in [4.78, 5) is 27.0. The van der Waals surface area contributed by atoms with Gasteiger partial charge in [0.25, 0.3) is 5.91 Å². The molecule has 2 aliphatic heterocycles. The van der Waals surface area contributed by atoms with E-state index in [0.29, 0.717) is 6.54 Å². The summed E-state index contributed by atoms with van der Waals surface area (Å²) < 4.78 is 0. The van der Waals surface area contributed by atoms with Gasteiger partial charge >= 0.3 is 6.03 Å². The summed E-state index contributed by atoms with van der Waals surface area (Å²) in [5, 5.41) is 2.81. The molecule has 3 rings (SSSR count). The molecular formula is C12H13N3O2. The molecule has 1 aromatic rings. The first kappa shape index (κ1) is 10.1. The molecule has 0 saturated carbocycles. The first-order valence-electron chi connectivity index (χ1n) is 5.47. The van der Waals surface area contributed by atoms with E-state index in [0.717, 1.165) is 16.2 Å². The molecule has 88 valence electrons. The topological polar surface area (TPSA) is 52.7 Å². The monoisotopic (exact) mass is 231 g/mol. The van der Waals surface area contributed by atoms with Gasteiger partial charge in [0.1, 0.15) is 0 Å². The highest BCUT2D eigenvalue weighted by Gasteiger charge is 2.55. The standard InChI is InChI=1S/C12H13N3O2/c1-14-7-12(8-5-3-4-6-9(8)14)10(16)15(2)11(17)13-12/h3-6H,7H2,1-2H3,(H,13,17). The molecule has 0 bridgehead atoms. The minimum Gasteiger partial charge on any atom is -0.371 e. The highest BCUT2D eigenvalue weighted by Crippen LogP contribution is 2.41. The lowest BCUT2D eigenvalue weighted by molar-refractivity contribution is -0.130. The Balaban J connectivity index is 2.19. The van der Waals surface area contributed by atoms with Crippen molar-refractivity contribution in [3.05, 3.63) is 29.8 Å². The van der Waals surface area contributed by atoms with Crippen molar-refractivity contribution in [2.45, 2.75) is 5.54 Å². The molecule has 1 saturated heterocycles. The molecule has 5 heteroatoms. The zero-order valence-electron chi connectivity index (χ0n) is 9.73. The number of benzene rings is 1. The quantitative estimate of drug-likeness (QED) is 0.662. The number of hydrogen-bond donors (Lipinski definition) is 1. The third-order valence-electron chi connectivity index (χ3n) is 3.54. The van der Waals surface area contributed by atoms with Gasteiger partial charge in [-0.3, -0.25) is 9.69 Å². The number of anilines is 1. The Morgan fingerprint density at radius 3 is 2.59 bits per heavy atom. The lowest BCUT2D eigenvalue weighted by Gasteiger charge is -2.21. The summed E-state index contributed by atoms with van der Waals surface area (Å²) >= 11 is 0. The lowest BCUT2D eigenvalue weighted by Crippen LogP contribution is -2.47. The Morgan fingerprint density at radius 1 is 1.24 bits per heavy atom. The van der Waals surface area contributed by atoms with Crippen LogP contribution in [0.15, 0.2) is 24.3 Å². The summed E-state index contributed by atoms with van der Waals surface area (Å²) in [6.45, 7) is 0.487. The third kappa shape index (κ3) is 1.08. The van der Waals surface area contributed by atoms with Gasteiger partial charge in [-0.15, -0.1) is 0 Å². The van der Waals surface area contributed by atoms with E-state index < -0.39 is 5.54 Å². The number of nitrogens with zero attached hydrogens (tertiary/aromatic N) is 2. The van der Waals surface area contributed by atoms with Crippen LogP contribution in [0.3, 0.4) is 0 Å². The molecule has 1 atom stereocenters. The summed E-state index contributed by atoms with van der Waals surface area (Å²) in [5.41, 5.74) is 0.985. The summed E-state index contributed by atoms with van der Waals surface area (Å²) in [6, 6.07) is 7.34. The minimum absolute atomic E-state index is 0.181. The fourth-order valence-corrected chi connectivity index (χ4v) is 2.68. The number of likely N-dealkylation sites (N-methyl/N-ethyl adjacent to an activating group) is 2. The van der Waals surface area contributed by atoms with Gasteiger partial charge in [-0.05, 0) is 6.07 Å². The third-order valence-corrected chi connectivity index (χ3v) is 3.54. The van der Waals surface area contributed by atoms with Gasteiger partial charge in [0.15, 0.2) is 5.54 Å². The Labute approximate surface area is 99.0 Å². The van der Waals surface area contributed by atoms with Gasteiger partial charge in [-0.25, -0.2) is 4.79 Å². The van der Waals surface area contributed by atoms with E-state index in [2.05, 4.69) is 5.32 Å². The Hall–Kier alpha value is -2.04. The molecule has 2 aliphatic rings. The van der Waals surface area contributed by atoms with E-state index in [4.69, 9.17) is 0 Å². The Kier molecular flexibility index (Phi) is 1.79. The zero-order valence-corrected chi connectivity index (χ0v) is 9.73. The average molecular weight is 231 g/mol. The predicted molar refractivity (Wildman–Crippen MR) is 62.7 cm³/mol. The molecular weight excluding hydrogens is 218 g/mol. The lowest BCUT2D eigenvalue weighted by atomic mass is 9.92. The van der Waals surface area contributed by atoms with Crippen LogP contribution < -0.4 is 10.2 Å². The summed E-state index contributed by atoms with van der Waals surface area (Å²) in [5.74, 6) is -0.181. The Bertz CT molecular complexity index is 528. The highest BCUT2D eigenvalue weighted by atomic mass is 16.2. The van der Waals surface area contributed by atoms with Crippen molar-refractivity contribution in [1.29, 1.82) is 0 Å². The van der Waals surface area contributed by atoms with Crippen LogP contribution in [0.1, 0.15) is 5.56 Å². The first-order valence-corrected chi connectivity index (χ1v) is 5.47. The SMILES string of the molecule is CN1C(=O)NC2(CN(C)c3ccccc32)C1=O. The van der Waals surface area contributed by atoms with Gasteiger partial charge < -0.3 is 10.2 Å². The molecule has 0 aromatic heterocycles. The predicted octanol–water partition coefficient (Wildman–Crippen LogP) is 0.513. The van der Waals surface area contributed by atoms with Crippen molar-refractivity contribution >= 4 is 17.6 Å². The molecule has 1 spiro atoms. The molecule has 1 fully saturated rings. The first-order chi connectivity index (χ1) is 8.06. The average Bonchev–Trinajstić information content (AvgIpc) is 2.72. The van der Waals surface area contributed by atoms with Crippen LogP contribution in [0.2, 0.25) is 0 Å². The number of nitrogens with one attached hydrogen (secondary N) is 1. The molecule has 5 nitrogen and oxygen atoms in total. The largest absolute Gasteiger partial charge is 0.371 e. The number of amides is 3. The second-order valence-corrected chi connectivity index (χ2v) is 4.57. The van der Waals surface area contributed by atoms with Crippen LogP contribution in [-0.4, -0.2) is 37.5 Å². The summed E-state index contributed by atoms with van der Waals surface area (Å²) in [6.07, 6.45) is 0. The second-order valence-electron chi connectivity index (χ2n) is 4.57. The van der Waals surface area contributed by atoms with Crippen molar-refractivity contribution < 1.29 is 9.59 Å². The molecule has 1 aromatic carbocycles. The zero-order chi connectivity index (χ0) is 12.2. The molecule has 17 heavy (non-hydrogen) atoms. The Morgan fingerprint density at radius 2 is 1.94 bits per heavy atom. The maximum Gasteiger partial charge on any atom is 0.325 e. The van der Waals surface area contributed by atoms with Gasteiger partial charge in [0, 0.05) is 25.3 Å². The molecule has 1 unspecified atom stereocenters. The second kappa shape index (κ2) is 3.00. The van der Waals surface area contributed by atoms with Gasteiger partial charge in [0.05, 0.1) is 6.54 Å². The highest BCUT2D eigenvalue weighted by molar-refractivity contribution is 6.09. The van der Waals surface area contributed by atoms with Crippen LogP contribution >= 0.6 is 0 Å². The minimum atomic E-state index is -0.892. The number of hydrogen-bond acceptors (Lipinski definition) is 3.